The molecule has 0 saturated carbocycles. The van der Waals surface area contributed by atoms with Gasteiger partial charge < -0.3 is 14.8 Å². The Labute approximate surface area is 109 Å². The zero-order chi connectivity index (χ0) is 14.0. The highest BCUT2D eigenvalue weighted by Gasteiger charge is 2.25. The molecule has 19 heavy (non-hydrogen) atoms. The first kappa shape index (κ1) is 13.4. The summed E-state index contributed by atoms with van der Waals surface area (Å²) >= 11 is 0. The van der Waals surface area contributed by atoms with Crippen LogP contribution in [0, 0.1) is 0 Å². The molecule has 102 valence electrons. The Kier molecular flexibility index (Phi) is 3.44. The van der Waals surface area contributed by atoms with Crippen LogP contribution in [0.25, 0.3) is 11.1 Å². The summed E-state index contributed by atoms with van der Waals surface area (Å²) in [7, 11) is 0. The second-order valence-electron chi connectivity index (χ2n) is 4.84. The monoisotopic (exact) mass is 264 g/mol. The summed E-state index contributed by atoms with van der Waals surface area (Å²) in [6, 6.07) is 7.13. The number of aliphatic carboxylic acids is 1. The van der Waals surface area contributed by atoms with Crippen LogP contribution in [-0.4, -0.2) is 27.7 Å². The highest BCUT2D eigenvalue weighted by molar-refractivity contribution is 5.77. The van der Waals surface area contributed by atoms with E-state index in [9.17, 15) is 9.59 Å². The Morgan fingerprint density at radius 3 is 2.79 bits per heavy atom. The van der Waals surface area contributed by atoms with Gasteiger partial charge in [-0.25, -0.2) is 4.79 Å². The first-order valence-corrected chi connectivity index (χ1v) is 5.98. The molecule has 0 bridgehead atoms. The first-order chi connectivity index (χ1) is 8.92. The molecule has 1 aromatic heterocycles. The molecule has 0 aliphatic carbocycles. The van der Waals surface area contributed by atoms with E-state index in [1.54, 1.807) is 32.0 Å². The first-order valence-electron chi connectivity index (χ1n) is 5.98. The molecule has 0 saturated heterocycles. The fraction of sp³-hybridized carbons (Fsp3) is 0.385. The minimum atomic E-state index is -1.02. The van der Waals surface area contributed by atoms with Gasteiger partial charge in [-0.2, -0.15) is 0 Å². The summed E-state index contributed by atoms with van der Waals surface area (Å²) in [6.45, 7) is 3.87. The van der Waals surface area contributed by atoms with Crippen molar-refractivity contribution in [3.8, 4) is 0 Å². The Morgan fingerprint density at radius 2 is 2.11 bits per heavy atom. The molecular formula is C13H16N2O4. The van der Waals surface area contributed by atoms with E-state index in [1.807, 2.05) is 6.07 Å². The minimum absolute atomic E-state index is 0.354. The van der Waals surface area contributed by atoms with Crippen molar-refractivity contribution in [3.63, 3.8) is 0 Å². The van der Waals surface area contributed by atoms with Crippen molar-refractivity contribution >= 4 is 17.1 Å². The SMILES string of the molecule is CC(C)(NCCn1c(=O)oc2ccccc21)C(=O)O. The van der Waals surface area contributed by atoms with Crippen molar-refractivity contribution < 1.29 is 14.3 Å². The number of hydrogen-bond acceptors (Lipinski definition) is 4. The van der Waals surface area contributed by atoms with Crippen LogP contribution in [0.5, 0.6) is 0 Å². The number of carboxylic acid groups (broad SMARTS) is 1. The van der Waals surface area contributed by atoms with Crippen molar-refractivity contribution in [1.82, 2.24) is 9.88 Å². The second kappa shape index (κ2) is 4.89. The molecule has 0 aliphatic rings. The maximum Gasteiger partial charge on any atom is 0.419 e. The Hall–Kier alpha value is -2.08. The van der Waals surface area contributed by atoms with E-state index in [1.165, 1.54) is 4.57 Å². The van der Waals surface area contributed by atoms with Gasteiger partial charge >= 0.3 is 11.7 Å². The molecule has 0 fully saturated rings. The van der Waals surface area contributed by atoms with Crippen molar-refractivity contribution in [1.29, 1.82) is 0 Å². The van der Waals surface area contributed by atoms with Crippen molar-refractivity contribution in [3.05, 3.63) is 34.8 Å². The highest BCUT2D eigenvalue weighted by atomic mass is 16.4. The van der Waals surface area contributed by atoms with Crippen LogP contribution in [0.2, 0.25) is 0 Å². The van der Waals surface area contributed by atoms with Gasteiger partial charge in [-0.05, 0) is 26.0 Å². The van der Waals surface area contributed by atoms with Crippen LogP contribution in [0.4, 0.5) is 0 Å². The number of para-hydroxylation sites is 2. The third-order valence-electron chi connectivity index (χ3n) is 3.01. The molecule has 0 spiro atoms. The molecule has 2 rings (SSSR count). The summed E-state index contributed by atoms with van der Waals surface area (Å²) < 4.78 is 6.58. The smallest absolute Gasteiger partial charge is 0.419 e. The standard InChI is InChI=1S/C13H16N2O4/c1-13(2,11(16)17)14-7-8-15-9-5-3-4-6-10(9)19-12(15)18/h3-6,14H,7-8H2,1-2H3,(H,16,17). The van der Waals surface area contributed by atoms with Gasteiger partial charge in [-0.3, -0.25) is 9.36 Å². The van der Waals surface area contributed by atoms with E-state index in [0.29, 0.717) is 24.2 Å². The number of oxazole rings is 1. The van der Waals surface area contributed by atoms with E-state index in [-0.39, 0.29) is 0 Å². The predicted molar refractivity (Wildman–Crippen MR) is 70.2 cm³/mol. The molecule has 2 N–H and O–H groups in total. The van der Waals surface area contributed by atoms with E-state index in [2.05, 4.69) is 5.32 Å². The van der Waals surface area contributed by atoms with E-state index < -0.39 is 17.3 Å². The van der Waals surface area contributed by atoms with E-state index in [4.69, 9.17) is 9.52 Å². The van der Waals surface area contributed by atoms with Gasteiger partial charge in [0.05, 0.1) is 5.52 Å². The van der Waals surface area contributed by atoms with Gasteiger partial charge in [0.2, 0.25) is 0 Å². The van der Waals surface area contributed by atoms with Crippen LogP contribution >= 0.6 is 0 Å². The Balaban J connectivity index is 2.13. The second-order valence-corrected chi connectivity index (χ2v) is 4.84. The van der Waals surface area contributed by atoms with Crippen LogP contribution in [0.3, 0.4) is 0 Å². The van der Waals surface area contributed by atoms with Crippen molar-refractivity contribution in [2.24, 2.45) is 0 Å². The van der Waals surface area contributed by atoms with Gasteiger partial charge in [-0.1, -0.05) is 12.1 Å². The number of rotatable bonds is 5. The number of fused-ring (bicyclic) bond motifs is 1. The highest BCUT2D eigenvalue weighted by Crippen LogP contribution is 2.11. The molecule has 0 radical (unpaired) electrons. The molecular weight excluding hydrogens is 248 g/mol. The lowest BCUT2D eigenvalue weighted by Gasteiger charge is -2.20. The lowest BCUT2D eigenvalue weighted by molar-refractivity contribution is -0.143. The summed E-state index contributed by atoms with van der Waals surface area (Å²) in [5.74, 6) is -1.37. The third kappa shape index (κ3) is 2.68. The van der Waals surface area contributed by atoms with Gasteiger partial charge in [0, 0.05) is 13.1 Å². The topological polar surface area (TPSA) is 84.5 Å². The number of carbonyl (C=O) groups is 1. The lowest BCUT2D eigenvalue weighted by atomic mass is 10.1. The number of nitrogens with one attached hydrogen (secondary N) is 1. The van der Waals surface area contributed by atoms with E-state index >= 15 is 0 Å². The molecule has 0 amide bonds. The lowest BCUT2D eigenvalue weighted by Crippen LogP contribution is -2.48. The molecule has 1 aromatic carbocycles. The van der Waals surface area contributed by atoms with Gasteiger partial charge in [0.15, 0.2) is 5.58 Å². The zero-order valence-electron chi connectivity index (χ0n) is 10.8. The Bertz CT molecular complexity index is 654. The maximum atomic E-state index is 11.7. The molecule has 6 nitrogen and oxygen atoms in total. The quantitative estimate of drug-likeness (QED) is 0.843. The molecule has 0 atom stereocenters. The number of nitrogens with zero attached hydrogens (tertiary/aromatic N) is 1. The predicted octanol–water partition coefficient (Wildman–Crippen LogP) is 1.05. The fourth-order valence-electron chi connectivity index (χ4n) is 1.78. The maximum absolute atomic E-state index is 11.7. The number of benzene rings is 1. The molecule has 1 heterocycles. The van der Waals surface area contributed by atoms with Gasteiger partial charge in [0.25, 0.3) is 0 Å². The van der Waals surface area contributed by atoms with Crippen molar-refractivity contribution in [2.75, 3.05) is 6.54 Å². The van der Waals surface area contributed by atoms with Gasteiger partial charge in [0.1, 0.15) is 5.54 Å². The minimum Gasteiger partial charge on any atom is -0.480 e. The van der Waals surface area contributed by atoms with Crippen LogP contribution in [-0.2, 0) is 11.3 Å². The third-order valence-corrected chi connectivity index (χ3v) is 3.01. The number of aromatic nitrogens is 1. The van der Waals surface area contributed by atoms with Crippen LogP contribution < -0.4 is 11.1 Å². The average molecular weight is 264 g/mol. The number of hydrogen-bond donors (Lipinski definition) is 2. The molecule has 0 aliphatic heterocycles. The normalized spacial score (nSPS) is 11.9. The fourth-order valence-corrected chi connectivity index (χ4v) is 1.78. The molecule has 0 unspecified atom stereocenters. The Morgan fingerprint density at radius 1 is 1.42 bits per heavy atom. The summed E-state index contributed by atoms with van der Waals surface area (Å²) in [4.78, 5) is 22.6. The average Bonchev–Trinajstić information content (AvgIpc) is 2.65. The van der Waals surface area contributed by atoms with E-state index in [0.717, 1.165) is 0 Å². The molecule has 6 heteroatoms. The number of carboxylic acids is 1. The summed E-state index contributed by atoms with van der Waals surface area (Å²) in [5, 5.41) is 11.9. The summed E-state index contributed by atoms with van der Waals surface area (Å²) in [6.07, 6.45) is 0. The molecule has 2 aromatic rings. The zero-order valence-corrected chi connectivity index (χ0v) is 10.8. The summed E-state index contributed by atoms with van der Waals surface area (Å²) in [5.41, 5.74) is 0.218. The van der Waals surface area contributed by atoms with Crippen molar-refractivity contribution in [2.45, 2.75) is 25.9 Å². The van der Waals surface area contributed by atoms with Crippen LogP contribution in [0.15, 0.2) is 33.5 Å². The largest absolute Gasteiger partial charge is 0.480 e. The van der Waals surface area contributed by atoms with Gasteiger partial charge in [-0.15, -0.1) is 0 Å². The van der Waals surface area contributed by atoms with Crippen LogP contribution in [0.1, 0.15) is 13.8 Å².